The van der Waals surface area contributed by atoms with E-state index in [4.69, 9.17) is 0 Å². The van der Waals surface area contributed by atoms with Crippen molar-refractivity contribution in [2.45, 2.75) is 18.7 Å². The molecular weight excluding hydrogens is 288 g/mol. The molecule has 0 aliphatic rings. The van der Waals surface area contributed by atoms with Gasteiger partial charge in [0.05, 0.1) is 6.20 Å². The second kappa shape index (κ2) is 6.17. The Morgan fingerprint density at radius 2 is 1.81 bits per heavy atom. The van der Waals surface area contributed by atoms with Gasteiger partial charge < -0.3 is 4.90 Å². The van der Waals surface area contributed by atoms with Crippen molar-refractivity contribution in [3.63, 3.8) is 0 Å². The molecule has 1 aromatic heterocycles. The quantitative estimate of drug-likeness (QED) is 0.887. The maximum Gasteiger partial charge on any atom is 0.265 e. The van der Waals surface area contributed by atoms with Crippen LogP contribution in [-0.2, 0) is 17.1 Å². The summed E-state index contributed by atoms with van der Waals surface area (Å²) in [5.74, 6) is 0. The average Bonchev–Trinajstić information content (AvgIpc) is 2.89. The zero-order valence-corrected chi connectivity index (χ0v) is 13.3. The van der Waals surface area contributed by atoms with Crippen LogP contribution in [0.3, 0.4) is 0 Å². The predicted molar refractivity (Wildman–Crippen MR) is 84.0 cm³/mol. The third-order valence-corrected chi connectivity index (χ3v) is 4.58. The van der Waals surface area contributed by atoms with Gasteiger partial charge in [0.2, 0.25) is 0 Å². The first-order chi connectivity index (χ1) is 9.96. The van der Waals surface area contributed by atoms with Crippen LogP contribution < -0.4 is 9.62 Å². The molecule has 0 atom stereocenters. The highest BCUT2D eigenvalue weighted by Crippen LogP contribution is 2.20. The number of hydrogen-bond acceptors (Lipinski definition) is 4. The molecule has 0 amide bonds. The van der Waals surface area contributed by atoms with Gasteiger partial charge in [-0.3, -0.25) is 9.40 Å². The van der Waals surface area contributed by atoms with E-state index >= 15 is 0 Å². The number of hydrogen-bond donors (Lipinski definition) is 1. The third kappa shape index (κ3) is 3.55. The Kier molecular flexibility index (Phi) is 4.52. The van der Waals surface area contributed by atoms with E-state index in [-0.39, 0.29) is 4.90 Å². The van der Waals surface area contributed by atoms with Crippen LogP contribution in [0.25, 0.3) is 0 Å². The van der Waals surface area contributed by atoms with Gasteiger partial charge in [0, 0.05) is 37.7 Å². The van der Waals surface area contributed by atoms with Crippen LogP contribution in [0.2, 0.25) is 0 Å². The lowest BCUT2D eigenvalue weighted by atomic mass is 10.2. The van der Waals surface area contributed by atoms with Crippen LogP contribution in [0, 0.1) is 0 Å². The molecule has 6 nitrogen and oxygen atoms in total. The van der Waals surface area contributed by atoms with Crippen LogP contribution in [0.4, 0.5) is 11.4 Å². The van der Waals surface area contributed by atoms with Crippen molar-refractivity contribution in [2.24, 2.45) is 7.05 Å². The highest BCUT2D eigenvalue weighted by atomic mass is 32.2. The molecule has 0 spiro atoms. The predicted octanol–water partition coefficient (Wildman–Crippen LogP) is 2.07. The minimum Gasteiger partial charge on any atom is -0.372 e. The summed E-state index contributed by atoms with van der Waals surface area (Å²) in [6, 6.07) is 7.35. The fourth-order valence-corrected chi connectivity index (χ4v) is 3.12. The zero-order chi connectivity index (χ0) is 15.5. The minimum atomic E-state index is -3.58. The van der Waals surface area contributed by atoms with Crippen molar-refractivity contribution >= 4 is 21.4 Å². The molecule has 2 rings (SSSR count). The van der Waals surface area contributed by atoms with E-state index in [1.165, 1.54) is 17.1 Å². The average molecular weight is 308 g/mol. The number of benzene rings is 1. The molecule has 0 saturated heterocycles. The molecule has 0 fully saturated rings. The highest BCUT2D eigenvalue weighted by Gasteiger charge is 2.16. The molecule has 114 valence electrons. The molecule has 1 aromatic carbocycles. The minimum absolute atomic E-state index is 0.151. The monoisotopic (exact) mass is 308 g/mol. The smallest absolute Gasteiger partial charge is 0.265 e. The lowest BCUT2D eigenvalue weighted by molar-refractivity contribution is 0.601. The number of anilines is 2. The Labute approximate surface area is 125 Å². The van der Waals surface area contributed by atoms with Gasteiger partial charge in [-0.05, 0) is 38.1 Å². The summed E-state index contributed by atoms with van der Waals surface area (Å²) in [5, 5.41) is 3.87. The summed E-state index contributed by atoms with van der Waals surface area (Å²) in [4.78, 5) is 2.34. The zero-order valence-electron chi connectivity index (χ0n) is 12.4. The van der Waals surface area contributed by atoms with E-state index in [0.29, 0.717) is 5.69 Å². The van der Waals surface area contributed by atoms with E-state index in [1.54, 1.807) is 19.2 Å². The number of nitrogens with zero attached hydrogens (tertiary/aromatic N) is 3. The van der Waals surface area contributed by atoms with E-state index in [0.717, 1.165) is 18.8 Å². The van der Waals surface area contributed by atoms with Crippen LogP contribution in [0.15, 0.2) is 41.6 Å². The summed E-state index contributed by atoms with van der Waals surface area (Å²) in [7, 11) is -1.91. The Morgan fingerprint density at radius 1 is 1.19 bits per heavy atom. The molecule has 1 N–H and O–H groups in total. The number of aryl methyl sites for hydroxylation is 1. The third-order valence-electron chi connectivity index (χ3n) is 3.24. The first kappa shape index (κ1) is 15.4. The summed E-state index contributed by atoms with van der Waals surface area (Å²) < 4.78 is 28.3. The SMILES string of the molecule is CCN(CC)c1ccc(NS(=O)(=O)c2cnn(C)c2)cc1. The Morgan fingerprint density at radius 3 is 2.29 bits per heavy atom. The molecule has 0 aliphatic heterocycles. The molecule has 0 unspecified atom stereocenters. The molecule has 0 bridgehead atoms. The normalized spacial score (nSPS) is 11.4. The van der Waals surface area contributed by atoms with Gasteiger partial charge in [0.15, 0.2) is 0 Å². The fourth-order valence-electron chi connectivity index (χ4n) is 2.08. The topological polar surface area (TPSA) is 67.2 Å². The van der Waals surface area contributed by atoms with E-state index < -0.39 is 10.0 Å². The summed E-state index contributed by atoms with van der Waals surface area (Å²) in [5.41, 5.74) is 1.61. The van der Waals surface area contributed by atoms with Gasteiger partial charge in [-0.2, -0.15) is 5.10 Å². The van der Waals surface area contributed by atoms with Crippen molar-refractivity contribution in [3.8, 4) is 0 Å². The molecule has 7 heteroatoms. The number of nitrogens with one attached hydrogen (secondary N) is 1. The maximum absolute atomic E-state index is 12.2. The van der Waals surface area contributed by atoms with Crippen molar-refractivity contribution in [3.05, 3.63) is 36.7 Å². The Balaban J connectivity index is 2.17. The van der Waals surface area contributed by atoms with Crippen molar-refractivity contribution in [1.29, 1.82) is 0 Å². The number of rotatable bonds is 6. The standard InChI is InChI=1S/C14H20N4O2S/c1-4-18(5-2)13-8-6-12(7-9-13)16-21(19,20)14-10-15-17(3)11-14/h6-11,16H,4-5H2,1-3H3. The van der Waals surface area contributed by atoms with Crippen molar-refractivity contribution < 1.29 is 8.42 Å². The van der Waals surface area contributed by atoms with Gasteiger partial charge in [-0.15, -0.1) is 0 Å². The van der Waals surface area contributed by atoms with Gasteiger partial charge in [0.25, 0.3) is 10.0 Å². The summed E-state index contributed by atoms with van der Waals surface area (Å²) >= 11 is 0. The van der Waals surface area contributed by atoms with Crippen LogP contribution in [0.1, 0.15) is 13.8 Å². The Hall–Kier alpha value is -2.02. The van der Waals surface area contributed by atoms with E-state index in [2.05, 4.69) is 28.6 Å². The summed E-state index contributed by atoms with van der Waals surface area (Å²) in [6.07, 6.45) is 2.79. The van der Waals surface area contributed by atoms with Gasteiger partial charge in [0.1, 0.15) is 4.90 Å². The largest absolute Gasteiger partial charge is 0.372 e. The van der Waals surface area contributed by atoms with Crippen molar-refractivity contribution in [1.82, 2.24) is 9.78 Å². The highest BCUT2D eigenvalue weighted by molar-refractivity contribution is 7.92. The van der Waals surface area contributed by atoms with Gasteiger partial charge >= 0.3 is 0 Å². The van der Waals surface area contributed by atoms with Crippen LogP contribution in [0.5, 0.6) is 0 Å². The molecule has 1 heterocycles. The molecule has 0 radical (unpaired) electrons. The maximum atomic E-state index is 12.2. The molecule has 21 heavy (non-hydrogen) atoms. The van der Waals surface area contributed by atoms with Crippen LogP contribution in [-0.4, -0.2) is 31.3 Å². The number of sulfonamides is 1. The van der Waals surface area contributed by atoms with Gasteiger partial charge in [-0.25, -0.2) is 8.42 Å². The van der Waals surface area contributed by atoms with Crippen LogP contribution >= 0.6 is 0 Å². The van der Waals surface area contributed by atoms with E-state index in [9.17, 15) is 8.42 Å². The van der Waals surface area contributed by atoms with Gasteiger partial charge in [-0.1, -0.05) is 0 Å². The van der Waals surface area contributed by atoms with Crippen molar-refractivity contribution in [2.75, 3.05) is 22.7 Å². The molecule has 0 aliphatic carbocycles. The second-order valence-corrected chi connectivity index (χ2v) is 6.36. The lowest BCUT2D eigenvalue weighted by Gasteiger charge is -2.21. The first-order valence-electron chi connectivity index (χ1n) is 6.82. The summed E-state index contributed by atoms with van der Waals surface area (Å²) in [6.45, 7) is 6.00. The number of aromatic nitrogens is 2. The molecule has 2 aromatic rings. The van der Waals surface area contributed by atoms with E-state index in [1.807, 2.05) is 12.1 Å². The Bertz CT molecular complexity index is 688. The second-order valence-electron chi connectivity index (χ2n) is 4.67. The lowest BCUT2D eigenvalue weighted by Crippen LogP contribution is -2.21. The first-order valence-corrected chi connectivity index (χ1v) is 8.31. The molecule has 0 saturated carbocycles. The molecular formula is C14H20N4O2S. The fraction of sp³-hybridized carbons (Fsp3) is 0.357.